The number of rotatable bonds is 5. The van der Waals surface area contributed by atoms with Gasteiger partial charge in [-0.25, -0.2) is 46.2 Å². The molecule has 1 N–H and O–H groups in total. The molecule has 0 saturated carbocycles. The van der Waals surface area contributed by atoms with Crippen molar-refractivity contribution in [2.75, 3.05) is 31.7 Å². The van der Waals surface area contributed by atoms with E-state index < -0.39 is 26.6 Å². The molecule has 4 rings (SSSR count). The van der Waals surface area contributed by atoms with Gasteiger partial charge >= 0.3 is 11.7 Å². The number of benzene rings is 1. The number of aromatic nitrogens is 4. The molecule has 0 aliphatic carbocycles. The van der Waals surface area contributed by atoms with Crippen LogP contribution in [-0.4, -0.2) is 80.9 Å². The Bertz CT molecular complexity index is 1400. The number of carbonyl (C=O) groups is 1. The zero-order valence-electron chi connectivity index (χ0n) is 20.7. The Labute approximate surface area is 227 Å². The summed E-state index contributed by atoms with van der Waals surface area (Å²) in [7, 11) is -1.59. The van der Waals surface area contributed by atoms with Crippen LogP contribution in [0, 0.1) is 21.7 Å². The molecule has 1 saturated heterocycles. The Balaban J connectivity index is 0.000000353. The van der Waals surface area contributed by atoms with Crippen LogP contribution < -0.4 is 5.32 Å². The first-order valence-corrected chi connectivity index (χ1v) is 13.5. The maximum absolute atomic E-state index is 13.3. The molecule has 0 atom stereocenters. The van der Waals surface area contributed by atoms with Crippen molar-refractivity contribution in [1.29, 1.82) is 0 Å². The topological polar surface area (TPSA) is 164 Å². The number of hydrogen-bond donors (Lipinski definition) is 1. The van der Waals surface area contributed by atoms with Gasteiger partial charge in [-0.15, -0.1) is 0 Å². The molecule has 0 unspecified atom stereocenters. The van der Waals surface area contributed by atoms with Crippen LogP contribution in [0.3, 0.4) is 0 Å². The fourth-order valence-corrected chi connectivity index (χ4v) is 4.53. The summed E-state index contributed by atoms with van der Waals surface area (Å²) in [5.41, 5.74) is 0.357. The van der Waals surface area contributed by atoms with Crippen LogP contribution in [0.25, 0.3) is 11.4 Å². The fraction of sp³-hybridized carbons (Fsp3) is 0.318. The van der Waals surface area contributed by atoms with Crippen molar-refractivity contribution >= 4 is 39.0 Å². The molecule has 0 bridgehead atoms. The minimum absolute atomic E-state index is 0.00519. The molecule has 39 heavy (non-hydrogen) atoms. The van der Waals surface area contributed by atoms with Crippen molar-refractivity contribution in [3.63, 3.8) is 0 Å². The van der Waals surface area contributed by atoms with Gasteiger partial charge in [0.05, 0.1) is 29.3 Å². The minimum atomic E-state index is -3.23. The van der Waals surface area contributed by atoms with Crippen LogP contribution in [0.1, 0.15) is 12.8 Å². The maximum Gasteiger partial charge on any atom is 0.321 e. The molecule has 1 aliphatic heterocycles. The highest BCUT2D eigenvalue weighted by molar-refractivity contribution is 7.88. The molecule has 17 heteroatoms. The number of nitro groups is 1. The molecule has 2 amide bonds. The largest absolute Gasteiger partial charge is 0.325 e. The van der Waals surface area contributed by atoms with Gasteiger partial charge in [-0.05, 0) is 36.6 Å². The number of hydrogen-bond acceptors (Lipinski definition) is 9. The monoisotopic (exact) mass is 584 g/mol. The Morgan fingerprint density at radius 2 is 1.62 bits per heavy atom. The third-order valence-corrected chi connectivity index (χ3v) is 7.10. The van der Waals surface area contributed by atoms with Gasteiger partial charge in [0.25, 0.3) is 0 Å². The summed E-state index contributed by atoms with van der Waals surface area (Å²) in [6.07, 6.45) is 7.05. The quantitative estimate of drug-likeness (QED) is 0.269. The molecule has 3 heterocycles. The number of amides is 2. The molecule has 2 aromatic heterocycles. The molecule has 1 aliphatic rings. The number of nitrogens with zero attached hydrogens (tertiary/aromatic N) is 7. The van der Waals surface area contributed by atoms with Crippen LogP contribution in [0.15, 0.2) is 43.0 Å². The SMILES string of the molecule is CN(C(=O)Nc1cnc(-c2cc(F)cc(F)c2)nc1)C1CCN(S(C)(=O)=O)CC1.O=[N+]([O-])c1cnc(Cl)nc1. The van der Waals surface area contributed by atoms with Crippen LogP contribution >= 0.6 is 11.6 Å². The first kappa shape index (κ1) is 29.7. The highest BCUT2D eigenvalue weighted by Gasteiger charge is 2.29. The normalized spacial score (nSPS) is 14.2. The summed E-state index contributed by atoms with van der Waals surface area (Å²) in [6, 6.07) is 2.52. The molecular weight excluding hydrogens is 562 g/mol. The average Bonchev–Trinajstić information content (AvgIpc) is 2.88. The predicted octanol–water partition coefficient (Wildman–Crippen LogP) is 3.35. The van der Waals surface area contributed by atoms with Crippen molar-refractivity contribution in [3.05, 3.63) is 70.0 Å². The van der Waals surface area contributed by atoms with Gasteiger partial charge in [-0.1, -0.05) is 0 Å². The smallest absolute Gasteiger partial charge is 0.321 e. The number of piperidine rings is 1. The zero-order valence-corrected chi connectivity index (χ0v) is 22.2. The number of carbonyl (C=O) groups excluding carboxylic acids is 1. The fourth-order valence-electron chi connectivity index (χ4n) is 3.56. The molecule has 0 spiro atoms. The van der Waals surface area contributed by atoms with Crippen molar-refractivity contribution in [3.8, 4) is 11.4 Å². The average molecular weight is 585 g/mol. The third kappa shape index (κ3) is 8.56. The summed E-state index contributed by atoms with van der Waals surface area (Å²) in [5.74, 6) is -1.34. The van der Waals surface area contributed by atoms with Gasteiger partial charge in [-0.3, -0.25) is 10.1 Å². The van der Waals surface area contributed by atoms with Crippen LogP contribution in [0.5, 0.6) is 0 Å². The number of anilines is 1. The number of urea groups is 1. The number of halogens is 3. The van der Waals surface area contributed by atoms with E-state index in [4.69, 9.17) is 11.6 Å². The standard InChI is InChI=1S/C18H21F2N5O3S.C4H2ClN3O2/c1-24(16-3-5-25(6-4-16)29(2,27)28)18(26)23-15-10-21-17(22-11-15)12-7-13(19)9-14(20)8-12;5-4-6-1-3(2-7-4)8(9)10/h7-11,16H,3-6H2,1-2H3,(H,23,26);1-2H. The Morgan fingerprint density at radius 3 is 2.10 bits per heavy atom. The van der Waals surface area contributed by atoms with E-state index in [0.717, 1.165) is 30.6 Å². The van der Waals surface area contributed by atoms with Gasteiger partial charge in [0, 0.05) is 37.8 Å². The molecular formula is C22H23ClF2N8O5S. The van der Waals surface area contributed by atoms with E-state index in [2.05, 4.69) is 25.3 Å². The van der Waals surface area contributed by atoms with E-state index in [0.29, 0.717) is 31.6 Å². The second-order valence-corrected chi connectivity index (χ2v) is 10.7. The van der Waals surface area contributed by atoms with Gasteiger partial charge in [0.15, 0.2) is 5.82 Å². The lowest BCUT2D eigenvalue weighted by Crippen LogP contribution is -2.48. The van der Waals surface area contributed by atoms with Crippen LogP contribution in [0.4, 0.5) is 25.0 Å². The van der Waals surface area contributed by atoms with Crippen molar-refractivity contribution < 1.29 is 26.9 Å². The minimum Gasteiger partial charge on any atom is -0.325 e. The van der Waals surface area contributed by atoms with E-state index in [1.165, 1.54) is 27.9 Å². The lowest BCUT2D eigenvalue weighted by atomic mass is 10.1. The lowest BCUT2D eigenvalue weighted by Gasteiger charge is -2.35. The molecule has 208 valence electrons. The van der Waals surface area contributed by atoms with Crippen LogP contribution in [0.2, 0.25) is 5.28 Å². The van der Waals surface area contributed by atoms with E-state index in [9.17, 15) is 32.1 Å². The Morgan fingerprint density at radius 1 is 1.08 bits per heavy atom. The van der Waals surface area contributed by atoms with Crippen molar-refractivity contribution in [2.24, 2.45) is 0 Å². The Hall–Kier alpha value is -3.89. The summed E-state index contributed by atoms with van der Waals surface area (Å²) < 4.78 is 51.2. The second kappa shape index (κ2) is 12.8. The first-order valence-electron chi connectivity index (χ1n) is 11.2. The predicted molar refractivity (Wildman–Crippen MR) is 137 cm³/mol. The van der Waals surface area contributed by atoms with Gasteiger partial charge in [-0.2, -0.15) is 0 Å². The van der Waals surface area contributed by atoms with E-state index in [1.807, 2.05) is 0 Å². The second-order valence-electron chi connectivity index (χ2n) is 8.36. The van der Waals surface area contributed by atoms with Gasteiger partial charge in [0.1, 0.15) is 24.0 Å². The Kier molecular flexibility index (Phi) is 9.71. The molecule has 0 radical (unpaired) electrons. The summed E-state index contributed by atoms with van der Waals surface area (Å²) in [6.45, 7) is 0.728. The summed E-state index contributed by atoms with van der Waals surface area (Å²) in [5, 5.41) is 12.7. The maximum atomic E-state index is 13.3. The highest BCUT2D eigenvalue weighted by Crippen LogP contribution is 2.20. The molecule has 13 nitrogen and oxygen atoms in total. The van der Waals surface area contributed by atoms with Gasteiger partial charge in [0.2, 0.25) is 15.3 Å². The van der Waals surface area contributed by atoms with Crippen LogP contribution in [-0.2, 0) is 10.0 Å². The van der Waals surface area contributed by atoms with E-state index in [1.54, 1.807) is 7.05 Å². The first-order chi connectivity index (χ1) is 18.3. The lowest BCUT2D eigenvalue weighted by molar-refractivity contribution is -0.385. The number of sulfonamides is 1. The van der Waals surface area contributed by atoms with Crippen molar-refractivity contribution in [2.45, 2.75) is 18.9 Å². The van der Waals surface area contributed by atoms with E-state index >= 15 is 0 Å². The summed E-state index contributed by atoms with van der Waals surface area (Å²) in [4.78, 5) is 38.3. The van der Waals surface area contributed by atoms with E-state index in [-0.39, 0.29) is 34.4 Å². The third-order valence-electron chi connectivity index (χ3n) is 5.60. The van der Waals surface area contributed by atoms with Crippen molar-refractivity contribution in [1.82, 2.24) is 29.1 Å². The summed E-state index contributed by atoms with van der Waals surface area (Å²) >= 11 is 5.27. The zero-order chi connectivity index (χ0) is 28.7. The highest BCUT2D eigenvalue weighted by atomic mass is 35.5. The van der Waals surface area contributed by atoms with Gasteiger partial charge < -0.3 is 10.2 Å². The number of nitrogens with one attached hydrogen (secondary N) is 1. The molecule has 1 aromatic carbocycles. The molecule has 1 fully saturated rings. The molecule has 3 aromatic rings.